The highest BCUT2D eigenvalue weighted by Crippen LogP contribution is 2.21. The highest BCUT2D eigenvalue weighted by Gasteiger charge is 2.21. The molecular weight excluding hydrogens is 334 g/mol. The Morgan fingerprint density at radius 2 is 1.91 bits per heavy atom. The SMILES string of the molecule is CCc1ccc(S(=O)(=O)NCCC(=O)N2CCN(CC)CC2)s1. The fourth-order valence-electron chi connectivity index (χ4n) is 2.53. The number of sulfonamides is 1. The molecule has 1 amide bonds. The first-order chi connectivity index (χ1) is 11.0. The first-order valence-corrected chi connectivity index (χ1v) is 10.3. The maximum absolute atomic E-state index is 12.2. The topological polar surface area (TPSA) is 69.7 Å². The van der Waals surface area contributed by atoms with Crippen LogP contribution in [0.5, 0.6) is 0 Å². The fraction of sp³-hybridized carbons (Fsp3) is 0.667. The minimum Gasteiger partial charge on any atom is -0.340 e. The molecule has 130 valence electrons. The van der Waals surface area contributed by atoms with Crippen LogP contribution >= 0.6 is 11.3 Å². The van der Waals surface area contributed by atoms with Crippen LogP contribution in [0, 0.1) is 0 Å². The van der Waals surface area contributed by atoms with Gasteiger partial charge in [0.25, 0.3) is 0 Å². The molecule has 2 rings (SSSR count). The number of aryl methyl sites for hydroxylation is 1. The molecule has 1 aromatic heterocycles. The first-order valence-electron chi connectivity index (χ1n) is 8.04. The normalized spacial score (nSPS) is 16.7. The second kappa shape index (κ2) is 8.23. The van der Waals surface area contributed by atoms with E-state index in [-0.39, 0.29) is 18.9 Å². The summed E-state index contributed by atoms with van der Waals surface area (Å²) >= 11 is 1.28. The molecule has 0 radical (unpaired) electrons. The van der Waals surface area contributed by atoms with E-state index in [1.54, 1.807) is 6.07 Å². The van der Waals surface area contributed by atoms with Crippen molar-refractivity contribution < 1.29 is 13.2 Å². The van der Waals surface area contributed by atoms with Gasteiger partial charge in [-0.05, 0) is 25.1 Å². The molecule has 2 heterocycles. The van der Waals surface area contributed by atoms with Crippen LogP contribution in [0.2, 0.25) is 0 Å². The summed E-state index contributed by atoms with van der Waals surface area (Å²) in [5, 5.41) is 0. The monoisotopic (exact) mass is 359 g/mol. The van der Waals surface area contributed by atoms with E-state index >= 15 is 0 Å². The highest BCUT2D eigenvalue weighted by atomic mass is 32.2. The van der Waals surface area contributed by atoms with Gasteiger partial charge < -0.3 is 9.80 Å². The number of hydrogen-bond donors (Lipinski definition) is 1. The van der Waals surface area contributed by atoms with Crippen molar-refractivity contribution in [2.24, 2.45) is 0 Å². The minimum atomic E-state index is -3.50. The lowest BCUT2D eigenvalue weighted by Gasteiger charge is -2.34. The van der Waals surface area contributed by atoms with E-state index in [4.69, 9.17) is 0 Å². The van der Waals surface area contributed by atoms with Crippen molar-refractivity contribution in [2.75, 3.05) is 39.3 Å². The van der Waals surface area contributed by atoms with Crippen molar-refractivity contribution >= 4 is 27.3 Å². The predicted octanol–water partition coefficient (Wildman–Crippen LogP) is 1.14. The third kappa shape index (κ3) is 5.00. The van der Waals surface area contributed by atoms with Crippen LogP contribution in [0.4, 0.5) is 0 Å². The van der Waals surface area contributed by atoms with Gasteiger partial charge in [-0.1, -0.05) is 13.8 Å². The molecule has 0 spiro atoms. The van der Waals surface area contributed by atoms with Gasteiger partial charge in [-0.3, -0.25) is 4.79 Å². The molecular formula is C15H25N3O3S2. The second-order valence-corrected chi connectivity index (χ2v) is 8.70. The lowest BCUT2D eigenvalue weighted by atomic mass is 10.3. The van der Waals surface area contributed by atoms with Crippen LogP contribution in [0.1, 0.15) is 25.1 Å². The summed E-state index contributed by atoms with van der Waals surface area (Å²) in [6.07, 6.45) is 1.03. The van der Waals surface area contributed by atoms with E-state index in [9.17, 15) is 13.2 Å². The van der Waals surface area contributed by atoms with Crippen LogP contribution in [0.15, 0.2) is 16.3 Å². The van der Waals surface area contributed by atoms with Gasteiger partial charge in [0.2, 0.25) is 15.9 Å². The molecule has 0 aromatic carbocycles. The van der Waals surface area contributed by atoms with Crippen LogP contribution in [-0.4, -0.2) is 63.4 Å². The van der Waals surface area contributed by atoms with E-state index < -0.39 is 10.0 Å². The van der Waals surface area contributed by atoms with Gasteiger partial charge in [0.15, 0.2) is 0 Å². The molecule has 1 aliphatic heterocycles. The number of rotatable bonds is 7. The Bertz CT molecular complexity index is 620. The maximum Gasteiger partial charge on any atom is 0.250 e. The Morgan fingerprint density at radius 1 is 1.22 bits per heavy atom. The van der Waals surface area contributed by atoms with Gasteiger partial charge in [0, 0.05) is 44.0 Å². The van der Waals surface area contributed by atoms with Crippen LogP contribution < -0.4 is 4.72 Å². The summed E-state index contributed by atoms with van der Waals surface area (Å²) in [6, 6.07) is 3.45. The number of likely N-dealkylation sites (N-methyl/N-ethyl adjacent to an activating group) is 1. The molecule has 0 saturated carbocycles. The third-order valence-electron chi connectivity index (χ3n) is 4.05. The van der Waals surface area contributed by atoms with Gasteiger partial charge in [-0.25, -0.2) is 13.1 Å². The van der Waals surface area contributed by atoms with Crippen molar-refractivity contribution in [3.63, 3.8) is 0 Å². The highest BCUT2D eigenvalue weighted by molar-refractivity contribution is 7.91. The fourth-order valence-corrected chi connectivity index (χ4v) is 4.90. The standard InChI is InChI=1S/C15H25N3O3S2/c1-3-13-5-6-15(22-13)23(20,21)16-8-7-14(19)18-11-9-17(4-2)10-12-18/h5-6,16H,3-4,7-12H2,1-2H3. The number of nitrogens with one attached hydrogen (secondary N) is 1. The summed E-state index contributed by atoms with van der Waals surface area (Å²) in [5.41, 5.74) is 0. The van der Waals surface area contributed by atoms with Gasteiger partial charge in [-0.15, -0.1) is 11.3 Å². The Kier molecular flexibility index (Phi) is 6.58. The first kappa shape index (κ1) is 18.4. The number of hydrogen-bond acceptors (Lipinski definition) is 5. The lowest BCUT2D eigenvalue weighted by molar-refractivity contribution is -0.132. The predicted molar refractivity (Wildman–Crippen MR) is 92.2 cm³/mol. The number of amides is 1. The molecule has 8 heteroatoms. The summed E-state index contributed by atoms with van der Waals surface area (Å²) in [5.74, 6) is 0.0175. The average Bonchev–Trinajstić information content (AvgIpc) is 3.04. The molecule has 0 atom stereocenters. The van der Waals surface area contributed by atoms with Crippen LogP contribution in [0.3, 0.4) is 0 Å². The Balaban J connectivity index is 1.79. The summed E-state index contributed by atoms with van der Waals surface area (Å²) in [6.45, 7) is 8.49. The molecule has 1 N–H and O–H groups in total. The van der Waals surface area contributed by atoms with Gasteiger partial charge >= 0.3 is 0 Å². The molecule has 23 heavy (non-hydrogen) atoms. The summed E-state index contributed by atoms with van der Waals surface area (Å²) < 4.78 is 27.2. The zero-order valence-corrected chi connectivity index (χ0v) is 15.4. The minimum absolute atomic E-state index is 0.0175. The largest absolute Gasteiger partial charge is 0.340 e. The number of nitrogens with zero attached hydrogens (tertiary/aromatic N) is 2. The van der Waals surface area contributed by atoms with E-state index in [1.165, 1.54) is 11.3 Å². The molecule has 1 aliphatic rings. The molecule has 0 unspecified atom stereocenters. The van der Waals surface area contributed by atoms with Crippen molar-refractivity contribution in [1.29, 1.82) is 0 Å². The van der Waals surface area contributed by atoms with Crippen LogP contribution in [-0.2, 0) is 21.2 Å². The second-order valence-electron chi connectivity index (χ2n) is 5.54. The number of thiophene rings is 1. The Morgan fingerprint density at radius 3 is 2.48 bits per heavy atom. The van der Waals surface area contributed by atoms with Crippen molar-refractivity contribution in [3.05, 3.63) is 17.0 Å². The zero-order chi connectivity index (χ0) is 16.9. The molecule has 1 saturated heterocycles. The molecule has 1 fully saturated rings. The molecule has 0 bridgehead atoms. The Labute approximate surface area is 142 Å². The summed E-state index contributed by atoms with van der Waals surface area (Å²) in [7, 11) is -3.50. The quantitative estimate of drug-likeness (QED) is 0.793. The lowest BCUT2D eigenvalue weighted by Crippen LogP contribution is -2.49. The van der Waals surface area contributed by atoms with Gasteiger partial charge in [0.05, 0.1) is 0 Å². The molecule has 1 aromatic rings. The number of carbonyl (C=O) groups is 1. The van der Waals surface area contributed by atoms with E-state index in [0.717, 1.165) is 44.0 Å². The van der Waals surface area contributed by atoms with E-state index in [0.29, 0.717) is 4.21 Å². The van der Waals surface area contributed by atoms with Crippen molar-refractivity contribution in [3.8, 4) is 0 Å². The smallest absolute Gasteiger partial charge is 0.250 e. The van der Waals surface area contributed by atoms with Crippen molar-refractivity contribution in [1.82, 2.24) is 14.5 Å². The third-order valence-corrected chi connectivity index (χ3v) is 7.24. The van der Waals surface area contributed by atoms with Crippen LogP contribution in [0.25, 0.3) is 0 Å². The Hall–Kier alpha value is -0.960. The van der Waals surface area contributed by atoms with E-state index in [1.807, 2.05) is 17.9 Å². The molecule has 0 aliphatic carbocycles. The number of carbonyl (C=O) groups excluding carboxylic acids is 1. The molecule has 6 nitrogen and oxygen atoms in total. The van der Waals surface area contributed by atoms with Crippen molar-refractivity contribution in [2.45, 2.75) is 30.9 Å². The van der Waals surface area contributed by atoms with E-state index in [2.05, 4.69) is 16.5 Å². The average molecular weight is 360 g/mol. The van der Waals surface area contributed by atoms with Gasteiger partial charge in [-0.2, -0.15) is 0 Å². The zero-order valence-electron chi connectivity index (χ0n) is 13.7. The van der Waals surface area contributed by atoms with Gasteiger partial charge in [0.1, 0.15) is 4.21 Å². The number of piperazine rings is 1. The summed E-state index contributed by atoms with van der Waals surface area (Å²) in [4.78, 5) is 17.3. The maximum atomic E-state index is 12.2.